The van der Waals surface area contributed by atoms with Crippen LogP contribution in [0.3, 0.4) is 0 Å². The van der Waals surface area contributed by atoms with Gasteiger partial charge in [0.1, 0.15) is 17.6 Å². The zero-order chi connectivity index (χ0) is 27.3. The highest BCUT2D eigenvalue weighted by atomic mass is 32.2. The van der Waals surface area contributed by atoms with Crippen molar-refractivity contribution in [2.45, 2.75) is 29.7 Å². The number of nitro groups is 1. The van der Waals surface area contributed by atoms with Crippen molar-refractivity contribution in [1.82, 2.24) is 4.98 Å². The lowest BCUT2D eigenvalue weighted by Gasteiger charge is -2.29. The fourth-order valence-corrected chi connectivity index (χ4v) is 7.57. The van der Waals surface area contributed by atoms with Crippen LogP contribution in [0.15, 0.2) is 82.6 Å². The number of non-ortho nitro benzene ring substituents is 1. The fourth-order valence-electron chi connectivity index (χ4n) is 5.06. The first-order valence-electron chi connectivity index (χ1n) is 12.1. The van der Waals surface area contributed by atoms with Gasteiger partial charge < -0.3 is 9.72 Å². The molecule has 0 saturated carbocycles. The van der Waals surface area contributed by atoms with Crippen LogP contribution < -0.4 is 14.5 Å². The highest BCUT2D eigenvalue weighted by molar-refractivity contribution is 8.00. The smallest absolute Gasteiger partial charge is 0.305 e. The molecular weight excluding hydrogens is 538 g/mol. The van der Waals surface area contributed by atoms with Crippen molar-refractivity contribution in [2.24, 2.45) is 5.92 Å². The molecule has 2 aliphatic rings. The molecule has 1 fully saturated rings. The number of ether oxygens (including phenoxy) is 1. The second kappa shape index (κ2) is 9.83. The Kier molecular flexibility index (Phi) is 6.32. The molecule has 2 amide bonds. The summed E-state index contributed by atoms with van der Waals surface area (Å²) in [5.74, 6) is -1.41. The van der Waals surface area contributed by atoms with E-state index in [1.165, 1.54) is 36.0 Å². The van der Waals surface area contributed by atoms with E-state index >= 15 is 0 Å². The average molecular weight is 560 g/mol. The number of imide groups is 1. The third kappa shape index (κ3) is 4.43. The van der Waals surface area contributed by atoms with Crippen LogP contribution in [-0.2, 0) is 16.2 Å². The molecule has 3 heterocycles. The zero-order valence-corrected chi connectivity index (χ0v) is 22.2. The molecule has 6 rings (SSSR count). The number of anilines is 1. The molecule has 0 unspecified atom stereocenters. The standard InChI is InChI=1S/C28H21N3O6S2/c1-15-4-2-3-5-17(15)14-37-20-12-6-16(7-13-20)21-22-24(38-25-23(21)39-28(34)29-25)27(33)30(26(22)32)18-8-10-19(11-9-18)31(35)36/h2-13,21-22,24H,14H2,1H3,(H,29,34)/t21-,22-,24+/m0/s1. The van der Waals surface area contributed by atoms with Crippen molar-refractivity contribution in [1.29, 1.82) is 0 Å². The Morgan fingerprint density at radius 3 is 2.38 bits per heavy atom. The number of nitrogens with one attached hydrogen (secondary N) is 1. The quantitative estimate of drug-likeness (QED) is 0.200. The van der Waals surface area contributed by atoms with Crippen LogP contribution in [0.5, 0.6) is 5.75 Å². The van der Waals surface area contributed by atoms with Crippen molar-refractivity contribution >= 4 is 46.3 Å². The van der Waals surface area contributed by atoms with Gasteiger partial charge in [-0.25, -0.2) is 4.90 Å². The van der Waals surface area contributed by atoms with Crippen LogP contribution >= 0.6 is 23.1 Å². The molecule has 0 radical (unpaired) electrons. The molecule has 3 atom stereocenters. The Morgan fingerprint density at radius 2 is 1.69 bits per heavy atom. The number of thiazole rings is 1. The monoisotopic (exact) mass is 559 g/mol. The summed E-state index contributed by atoms with van der Waals surface area (Å²) < 4.78 is 5.98. The molecule has 0 aliphatic carbocycles. The van der Waals surface area contributed by atoms with Crippen molar-refractivity contribution < 1.29 is 19.2 Å². The first-order chi connectivity index (χ1) is 18.8. The fraction of sp³-hybridized carbons (Fsp3) is 0.179. The SMILES string of the molecule is Cc1ccccc1COc1ccc([C@@H]2c3sc(=O)[nH]c3S[C@H]3C(=O)N(c4ccc([N+](=O)[O-])cc4)C(=O)[C@@H]23)cc1. The third-order valence-corrected chi connectivity index (χ3v) is 9.44. The normalized spacial score (nSPS) is 20.0. The van der Waals surface area contributed by atoms with Crippen LogP contribution in [0, 0.1) is 23.0 Å². The predicted octanol–water partition coefficient (Wildman–Crippen LogP) is 5.03. The van der Waals surface area contributed by atoms with E-state index in [1.807, 2.05) is 55.5 Å². The molecule has 0 bridgehead atoms. The minimum atomic E-state index is -0.743. The number of rotatable bonds is 6. The van der Waals surface area contributed by atoms with Crippen molar-refractivity contribution in [3.05, 3.63) is 114 Å². The van der Waals surface area contributed by atoms with Crippen molar-refractivity contribution in [3.63, 3.8) is 0 Å². The van der Waals surface area contributed by atoms with Gasteiger partial charge in [0.05, 0.1) is 21.6 Å². The summed E-state index contributed by atoms with van der Waals surface area (Å²) in [5.41, 5.74) is 3.15. The molecular formula is C28H21N3O6S2. The number of hydrogen-bond donors (Lipinski definition) is 1. The third-order valence-electron chi connectivity index (χ3n) is 7.04. The highest BCUT2D eigenvalue weighted by Crippen LogP contribution is 2.53. The Labute approximate surface area is 230 Å². The number of carbonyl (C=O) groups excluding carboxylic acids is 2. The van der Waals surface area contributed by atoms with E-state index in [-0.39, 0.29) is 16.2 Å². The first kappa shape index (κ1) is 25.1. The molecule has 0 spiro atoms. The Hall–Kier alpha value is -4.22. The molecule has 1 saturated heterocycles. The van der Waals surface area contributed by atoms with Gasteiger partial charge in [0.2, 0.25) is 11.8 Å². The number of aryl methyl sites for hydroxylation is 1. The Morgan fingerprint density at radius 1 is 0.974 bits per heavy atom. The van der Waals surface area contributed by atoms with Crippen LogP contribution in [0.2, 0.25) is 0 Å². The highest BCUT2D eigenvalue weighted by Gasteiger charge is 2.56. The molecule has 1 aromatic heterocycles. The van der Waals surface area contributed by atoms with Crippen LogP contribution in [-0.4, -0.2) is 27.0 Å². The number of fused-ring (bicyclic) bond motifs is 2. The maximum atomic E-state index is 13.8. The first-order valence-corrected chi connectivity index (χ1v) is 13.8. The van der Waals surface area contributed by atoms with Crippen LogP contribution in [0.4, 0.5) is 11.4 Å². The van der Waals surface area contributed by atoms with Gasteiger partial charge in [-0.1, -0.05) is 59.5 Å². The lowest BCUT2D eigenvalue weighted by Crippen LogP contribution is -2.32. The second-order valence-corrected chi connectivity index (χ2v) is 11.5. The predicted molar refractivity (Wildman–Crippen MR) is 147 cm³/mol. The summed E-state index contributed by atoms with van der Waals surface area (Å²) >= 11 is 2.23. The van der Waals surface area contributed by atoms with E-state index < -0.39 is 33.8 Å². The molecule has 11 heteroatoms. The summed E-state index contributed by atoms with van der Waals surface area (Å²) in [4.78, 5) is 54.5. The van der Waals surface area contributed by atoms with Gasteiger partial charge in [-0.05, 0) is 47.9 Å². The minimum Gasteiger partial charge on any atom is -0.489 e. The number of aromatic amines is 1. The number of nitrogens with zero attached hydrogens (tertiary/aromatic N) is 2. The maximum Gasteiger partial charge on any atom is 0.305 e. The van der Waals surface area contributed by atoms with Gasteiger partial charge in [0.25, 0.3) is 5.69 Å². The number of benzene rings is 3. The van der Waals surface area contributed by atoms with Crippen molar-refractivity contribution in [3.8, 4) is 5.75 Å². The molecule has 39 heavy (non-hydrogen) atoms. The number of amides is 2. The lowest BCUT2D eigenvalue weighted by molar-refractivity contribution is -0.384. The Bertz CT molecular complexity index is 1660. The molecule has 2 aliphatic heterocycles. The summed E-state index contributed by atoms with van der Waals surface area (Å²) in [6, 6.07) is 20.7. The molecule has 1 N–H and O–H groups in total. The number of nitro benzene ring substituents is 1. The summed E-state index contributed by atoms with van der Waals surface area (Å²) in [6.45, 7) is 2.44. The van der Waals surface area contributed by atoms with Gasteiger partial charge in [-0.15, -0.1) is 0 Å². The van der Waals surface area contributed by atoms with Gasteiger partial charge in [0.15, 0.2) is 0 Å². The largest absolute Gasteiger partial charge is 0.489 e. The Balaban J connectivity index is 1.32. The van der Waals surface area contributed by atoms with Crippen LogP contribution in [0.1, 0.15) is 27.5 Å². The van der Waals surface area contributed by atoms with Gasteiger partial charge in [-0.2, -0.15) is 0 Å². The summed E-state index contributed by atoms with van der Waals surface area (Å²) in [5, 5.41) is 10.9. The maximum absolute atomic E-state index is 13.8. The number of aromatic nitrogens is 1. The van der Waals surface area contributed by atoms with E-state index in [4.69, 9.17) is 4.74 Å². The number of carbonyl (C=O) groups is 2. The number of hydrogen-bond acceptors (Lipinski definition) is 8. The zero-order valence-electron chi connectivity index (χ0n) is 20.5. The molecule has 9 nitrogen and oxygen atoms in total. The second-order valence-electron chi connectivity index (χ2n) is 9.32. The van der Waals surface area contributed by atoms with Crippen LogP contribution in [0.25, 0.3) is 0 Å². The van der Waals surface area contributed by atoms with E-state index in [0.717, 1.165) is 32.9 Å². The van der Waals surface area contributed by atoms with E-state index in [0.29, 0.717) is 22.3 Å². The van der Waals surface area contributed by atoms with Gasteiger partial charge in [0, 0.05) is 22.9 Å². The number of H-pyrrole nitrogens is 1. The van der Waals surface area contributed by atoms with E-state index in [1.54, 1.807) is 0 Å². The lowest BCUT2D eigenvalue weighted by atomic mass is 9.83. The van der Waals surface area contributed by atoms with E-state index in [2.05, 4.69) is 4.98 Å². The number of thioether (sulfide) groups is 1. The molecule has 3 aromatic carbocycles. The molecule has 4 aromatic rings. The molecule has 196 valence electrons. The van der Waals surface area contributed by atoms with E-state index in [9.17, 15) is 24.5 Å². The average Bonchev–Trinajstić information content (AvgIpc) is 3.42. The van der Waals surface area contributed by atoms with Gasteiger partial charge >= 0.3 is 4.87 Å². The minimum absolute atomic E-state index is 0.132. The van der Waals surface area contributed by atoms with Crippen molar-refractivity contribution in [2.75, 3.05) is 4.90 Å². The summed E-state index contributed by atoms with van der Waals surface area (Å²) in [7, 11) is 0. The summed E-state index contributed by atoms with van der Waals surface area (Å²) in [6.07, 6.45) is 0. The topological polar surface area (TPSA) is 123 Å². The van der Waals surface area contributed by atoms with Gasteiger partial charge in [-0.3, -0.25) is 24.5 Å².